The highest BCUT2D eigenvalue weighted by Crippen LogP contribution is 2.45. The maximum atomic E-state index is 6.03. The van der Waals surface area contributed by atoms with Crippen molar-refractivity contribution in [2.75, 3.05) is 24.2 Å². The first-order valence-electron chi connectivity index (χ1n) is 8.39. The zero-order chi connectivity index (χ0) is 14.7. The van der Waals surface area contributed by atoms with Gasteiger partial charge in [0.25, 0.3) is 0 Å². The predicted molar refractivity (Wildman–Crippen MR) is 93.1 cm³/mol. The molecule has 0 unspecified atom stereocenters. The molecule has 1 saturated heterocycles. The zero-order valence-electron chi connectivity index (χ0n) is 13.2. The number of nitrogens with two attached hydrogens (primary N) is 1. The summed E-state index contributed by atoms with van der Waals surface area (Å²) >= 11 is 1.81. The Morgan fingerprint density at radius 2 is 1.81 bits per heavy atom. The van der Waals surface area contributed by atoms with Crippen LogP contribution < -0.4 is 10.6 Å². The van der Waals surface area contributed by atoms with E-state index < -0.39 is 0 Å². The van der Waals surface area contributed by atoms with Crippen LogP contribution in [0.1, 0.15) is 50.5 Å². The molecule has 2 N–H and O–H groups in total. The first-order chi connectivity index (χ1) is 10.3. The molecular weight excluding hydrogens is 276 g/mol. The van der Waals surface area contributed by atoms with E-state index in [-0.39, 0.29) is 0 Å². The highest BCUT2D eigenvalue weighted by molar-refractivity contribution is 7.98. The maximum Gasteiger partial charge on any atom is 0.0423 e. The Kier molecular flexibility index (Phi) is 4.80. The van der Waals surface area contributed by atoms with E-state index in [4.69, 9.17) is 5.73 Å². The minimum absolute atomic E-state index is 0.647. The topological polar surface area (TPSA) is 29.3 Å². The summed E-state index contributed by atoms with van der Waals surface area (Å²) in [5.41, 5.74) is 9.43. The second-order valence-corrected chi connectivity index (χ2v) is 7.56. The first-order valence-corrected chi connectivity index (χ1v) is 9.61. The molecule has 0 radical (unpaired) electrons. The lowest BCUT2D eigenvalue weighted by molar-refractivity contribution is 0.144. The van der Waals surface area contributed by atoms with Gasteiger partial charge in [-0.15, -0.1) is 11.8 Å². The predicted octanol–water partition coefficient (Wildman–Crippen LogP) is 4.42. The van der Waals surface area contributed by atoms with E-state index >= 15 is 0 Å². The molecule has 0 bridgehead atoms. The Balaban J connectivity index is 1.75. The highest BCUT2D eigenvalue weighted by atomic mass is 32.2. The maximum absolute atomic E-state index is 6.03. The molecule has 3 rings (SSSR count). The lowest BCUT2D eigenvalue weighted by atomic mass is 9.68. The molecule has 21 heavy (non-hydrogen) atoms. The van der Waals surface area contributed by atoms with E-state index in [1.165, 1.54) is 74.2 Å². The number of thioether (sulfide) groups is 1. The average molecular weight is 305 g/mol. The molecule has 1 aliphatic heterocycles. The fourth-order valence-corrected chi connectivity index (χ4v) is 4.92. The number of piperidine rings is 1. The molecule has 1 aliphatic carbocycles. The van der Waals surface area contributed by atoms with E-state index in [0.29, 0.717) is 12.0 Å². The van der Waals surface area contributed by atoms with Crippen LogP contribution in [-0.2, 0) is 6.54 Å². The van der Waals surface area contributed by atoms with E-state index in [1.807, 2.05) is 11.8 Å². The van der Waals surface area contributed by atoms with E-state index in [9.17, 15) is 0 Å². The van der Waals surface area contributed by atoms with Crippen LogP contribution in [0.4, 0.5) is 5.69 Å². The second kappa shape index (κ2) is 6.62. The summed E-state index contributed by atoms with van der Waals surface area (Å²) in [6, 6.07) is 6.65. The van der Waals surface area contributed by atoms with E-state index in [1.54, 1.807) is 0 Å². The molecular formula is C18H28N2S. The molecule has 3 heteroatoms. The smallest absolute Gasteiger partial charge is 0.0423 e. The van der Waals surface area contributed by atoms with Crippen LogP contribution in [0.25, 0.3) is 0 Å². The normalized spacial score (nSPS) is 21.7. The Labute approximate surface area is 133 Å². The van der Waals surface area contributed by atoms with Crippen molar-refractivity contribution >= 4 is 17.4 Å². The fraction of sp³-hybridized carbons (Fsp3) is 0.667. The Hall–Kier alpha value is -0.670. The molecule has 0 aromatic heterocycles. The second-order valence-electron chi connectivity index (χ2n) is 6.71. The monoisotopic (exact) mass is 304 g/mol. The molecule has 1 aromatic carbocycles. The van der Waals surface area contributed by atoms with Crippen molar-refractivity contribution in [3.05, 3.63) is 23.8 Å². The van der Waals surface area contributed by atoms with Gasteiger partial charge in [0.1, 0.15) is 0 Å². The van der Waals surface area contributed by atoms with Crippen molar-refractivity contribution < 1.29 is 0 Å². The van der Waals surface area contributed by atoms with Gasteiger partial charge < -0.3 is 10.6 Å². The molecule has 0 amide bonds. The summed E-state index contributed by atoms with van der Waals surface area (Å²) < 4.78 is 0. The number of anilines is 1. The third-order valence-electron chi connectivity index (χ3n) is 5.61. The van der Waals surface area contributed by atoms with Gasteiger partial charge >= 0.3 is 0 Å². The summed E-state index contributed by atoms with van der Waals surface area (Å²) in [5, 5.41) is 0. The van der Waals surface area contributed by atoms with Crippen LogP contribution in [0.15, 0.2) is 23.1 Å². The number of hydrogen-bond donors (Lipinski definition) is 1. The zero-order valence-corrected chi connectivity index (χ0v) is 14.1. The van der Waals surface area contributed by atoms with Gasteiger partial charge in [0.15, 0.2) is 0 Å². The largest absolute Gasteiger partial charge is 0.371 e. The van der Waals surface area contributed by atoms with Crippen LogP contribution in [0.3, 0.4) is 0 Å². The van der Waals surface area contributed by atoms with Gasteiger partial charge in [0.05, 0.1) is 0 Å². The van der Waals surface area contributed by atoms with Crippen LogP contribution >= 0.6 is 11.8 Å². The van der Waals surface area contributed by atoms with Gasteiger partial charge in [0.2, 0.25) is 0 Å². The van der Waals surface area contributed by atoms with Crippen molar-refractivity contribution in [2.45, 2.75) is 56.4 Å². The van der Waals surface area contributed by atoms with E-state index in [0.717, 1.165) is 0 Å². The lowest BCUT2D eigenvalue weighted by Crippen LogP contribution is -2.41. The van der Waals surface area contributed by atoms with Crippen molar-refractivity contribution in [1.82, 2.24) is 0 Å². The van der Waals surface area contributed by atoms with Crippen molar-refractivity contribution in [1.29, 1.82) is 0 Å². The number of nitrogens with zero attached hydrogens (tertiary/aromatic N) is 1. The summed E-state index contributed by atoms with van der Waals surface area (Å²) in [5.74, 6) is 0. The van der Waals surface area contributed by atoms with E-state index in [2.05, 4.69) is 29.4 Å². The molecule has 1 saturated carbocycles. The molecule has 1 aromatic rings. The van der Waals surface area contributed by atoms with Crippen molar-refractivity contribution in [3.63, 3.8) is 0 Å². The van der Waals surface area contributed by atoms with Crippen LogP contribution in [0, 0.1) is 5.41 Å². The average Bonchev–Trinajstić information content (AvgIpc) is 2.55. The van der Waals surface area contributed by atoms with Gasteiger partial charge in [-0.3, -0.25) is 0 Å². The van der Waals surface area contributed by atoms with Crippen LogP contribution in [0.2, 0.25) is 0 Å². The number of rotatable bonds is 3. The third kappa shape index (κ3) is 3.09. The summed E-state index contributed by atoms with van der Waals surface area (Å²) in [6.45, 7) is 3.07. The number of benzene rings is 1. The number of hydrogen-bond acceptors (Lipinski definition) is 3. The lowest BCUT2D eigenvalue weighted by Gasteiger charge is -2.45. The van der Waals surface area contributed by atoms with Crippen molar-refractivity contribution in [2.24, 2.45) is 11.1 Å². The van der Waals surface area contributed by atoms with Gasteiger partial charge in [-0.05, 0) is 49.5 Å². The van der Waals surface area contributed by atoms with Gasteiger partial charge in [-0.2, -0.15) is 0 Å². The molecule has 1 spiro atoms. The van der Waals surface area contributed by atoms with Crippen LogP contribution in [0.5, 0.6) is 0 Å². The molecule has 1 heterocycles. The third-order valence-corrected chi connectivity index (χ3v) is 6.43. The summed E-state index contributed by atoms with van der Waals surface area (Å²) in [7, 11) is 0. The fourth-order valence-electron chi connectivity index (χ4n) is 4.27. The molecule has 116 valence electrons. The Bertz CT molecular complexity index is 470. The van der Waals surface area contributed by atoms with Gasteiger partial charge in [0, 0.05) is 35.8 Å². The Morgan fingerprint density at radius 1 is 1.10 bits per heavy atom. The van der Waals surface area contributed by atoms with Crippen molar-refractivity contribution in [3.8, 4) is 0 Å². The minimum Gasteiger partial charge on any atom is -0.371 e. The molecule has 2 aliphatic rings. The summed E-state index contributed by atoms with van der Waals surface area (Å²) in [4.78, 5) is 3.93. The van der Waals surface area contributed by atoms with Crippen LogP contribution in [-0.4, -0.2) is 19.3 Å². The summed E-state index contributed by atoms with van der Waals surface area (Å²) in [6.07, 6.45) is 12.2. The molecule has 2 fully saturated rings. The highest BCUT2D eigenvalue weighted by Gasteiger charge is 2.35. The molecule has 0 atom stereocenters. The standard InChI is InChI=1S/C18H28N2S/c1-21-17-7-5-6-16(15(17)14-19)20-12-10-18(11-13-20)8-3-2-4-9-18/h5-7H,2-4,8-14,19H2,1H3. The van der Waals surface area contributed by atoms with Gasteiger partial charge in [-0.1, -0.05) is 25.3 Å². The first kappa shape index (κ1) is 15.2. The van der Waals surface area contributed by atoms with Gasteiger partial charge in [-0.25, -0.2) is 0 Å². The Morgan fingerprint density at radius 3 is 2.43 bits per heavy atom. The minimum atomic E-state index is 0.647. The SMILES string of the molecule is CSc1cccc(N2CCC3(CCCCC3)CC2)c1CN. The molecule has 2 nitrogen and oxygen atoms in total. The quantitative estimate of drug-likeness (QED) is 0.838.